The van der Waals surface area contributed by atoms with Gasteiger partial charge in [-0.05, 0) is 23.6 Å². The first kappa shape index (κ1) is 12.0. The van der Waals surface area contributed by atoms with Crippen LogP contribution < -0.4 is 0 Å². The van der Waals surface area contributed by atoms with Crippen molar-refractivity contribution < 1.29 is 9.59 Å². The molecule has 3 heterocycles. The molecule has 2 aromatic rings. The van der Waals surface area contributed by atoms with Gasteiger partial charge in [-0.15, -0.1) is 11.3 Å². The van der Waals surface area contributed by atoms with Crippen molar-refractivity contribution in [2.45, 2.75) is 20.4 Å². The third-order valence-electron chi connectivity index (χ3n) is 4.54. The second-order valence-electron chi connectivity index (χ2n) is 6.14. The molecule has 2 fully saturated rings. The fourth-order valence-corrected chi connectivity index (χ4v) is 4.32. The zero-order valence-corrected chi connectivity index (χ0v) is 12.1. The molecule has 0 N–H and O–H groups in total. The number of fused-ring (bicyclic) bond motifs is 2. The number of thiophene rings is 1. The summed E-state index contributed by atoms with van der Waals surface area (Å²) >= 11 is 1.60. The van der Waals surface area contributed by atoms with Gasteiger partial charge in [0.15, 0.2) is 0 Å². The van der Waals surface area contributed by atoms with Gasteiger partial charge in [0.2, 0.25) is 11.8 Å². The van der Waals surface area contributed by atoms with Gasteiger partial charge in [0.1, 0.15) is 0 Å². The summed E-state index contributed by atoms with van der Waals surface area (Å²) < 4.78 is 1.09. The molecule has 2 atom stereocenters. The van der Waals surface area contributed by atoms with E-state index in [0.29, 0.717) is 6.54 Å². The first-order valence-electron chi connectivity index (χ1n) is 6.69. The first-order valence-corrected chi connectivity index (χ1v) is 7.50. The van der Waals surface area contributed by atoms with Crippen LogP contribution in [0.5, 0.6) is 0 Å². The Bertz CT molecular complexity index is 692. The highest BCUT2D eigenvalue weighted by atomic mass is 32.1. The van der Waals surface area contributed by atoms with Gasteiger partial charge in [-0.1, -0.05) is 13.8 Å². The average molecular weight is 286 g/mol. The van der Waals surface area contributed by atoms with Crippen LogP contribution in [-0.4, -0.2) is 21.7 Å². The molecule has 0 radical (unpaired) electrons. The van der Waals surface area contributed by atoms with E-state index in [4.69, 9.17) is 0 Å². The quantitative estimate of drug-likeness (QED) is 0.797. The number of piperidine rings is 1. The second-order valence-corrected chi connectivity index (χ2v) is 7.31. The maximum absolute atomic E-state index is 12.3. The molecule has 1 aliphatic carbocycles. The predicted octanol–water partition coefficient (Wildman–Crippen LogP) is 2.44. The van der Waals surface area contributed by atoms with E-state index in [1.807, 2.05) is 32.0 Å². The zero-order chi connectivity index (χ0) is 14.1. The van der Waals surface area contributed by atoms with E-state index in [0.717, 1.165) is 15.1 Å². The molecule has 1 saturated heterocycles. The lowest BCUT2D eigenvalue weighted by Crippen LogP contribution is -2.35. The monoisotopic (exact) mass is 286 g/mol. The maximum Gasteiger partial charge on any atom is 0.234 e. The van der Waals surface area contributed by atoms with Crippen LogP contribution in [0.15, 0.2) is 24.4 Å². The lowest BCUT2D eigenvalue weighted by Gasteiger charge is -2.19. The van der Waals surface area contributed by atoms with E-state index in [1.165, 1.54) is 4.90 Å². The molecule has 0 bridgehead atoms. The van der Waals surface area contributed by atoms with E-state index in [-0.39, 0.29) is 29.1 Å². The van der Waals surface area contributed by atoms with Crippen molar-refractivity contribution in [3.05, 3.63) is 29.3 Å². The highest BCUT2D eigenvalue weighted by Gasteiger charge is 2.72. The molecule has 2 unspecified atom stereocenters. The summed E-state index contributed by atoms with van der Waals surface area (Å²) in [6.45, 7) is 4.39. The fraction of sp³-hybridized carbons (Fsp3) is 0.400. The summed E-state index contributed by atoms with van der Waals surface area (Å²) in [6.07, 6.45) is 1.75. The van der Waals surface area contributed by atoms with Crippen LogP contribution in [0.2, 0.25) is 0 Å². The lowest BCUT2D eigenvalue weighted by molar-refractivity contribution is -0.143. The highest BCUT2D eigenvalue weighted by molar-refractivity contribution is 7.19. The van der Waals surface area contributed by atoms with Gasteiger partial charge in [0.25, 0.3) is 0 Å². The molecule has 1 aliphatic heterocycles. The molecule has 0 aromatic carbocycles. The molecule has 2 aliphatic rings. The van der Waals surface area contributed by atoms with Crippen molar-refractivity contribution >= 4 is 33.4 Å². The normalized spacial score (nSPS) is 27.2. The summed E-state index contributed by atoms with van der Waals surface area (Å²) in [6, 6.07) is 5.87. The van der Waals surface area contributed by atoms with Crippen molar-refractivity contribution in [2.75, 3.05) is 0 Å². The van der Waals surface area contributed by atoms with Crippen LogP contribution in [0.1, 0.15) is 18.7 Å². The van der Waals surface area contributed by atoms with Crippen molar-refractivity contribution in [3.63, 3.8) is 0 Å². The molecule has 2 aromatic heterocycles. The van der Waals surface area contributed by atoms with Crippen LogP contribution >= 0.6 is 11.3 Å². The smallest absolute Gasteiger partial charge is 0.234 e. The van der Waals surface area contributed by atoms with Crippen LogP contribution in [0.25, 0.3) is 10.2 Å². The van der Waals surface area contributed by atoms with Crippen LogP contribution in [0, 0.1) is 17.3 Å². The summed E-state index contributed by atoms with van der Waals surface area (Å²) in [5.74, 6) is -0.198. The number of hydrogen-bond acceptors (Lipinski definition) is 4. The minimum atomic E-state index is -0.133. The number of carbonyl (C=O) groups excluding carboxylic acids is 2. The van der Waals surface area contributed by atoms with Gasteiger partial charge in [-0.2, -0.15) is 0 Å². The Balaban J connectivity index is 1.61. The molecule has 102 valence electrons. The van der Waals surface area contributed by atoms with E-state index in [9.17, 15) is 9.59 Å². The minimum Gasteiger partial charge on any atom is -0.277 e. The summed E-state index contributed by atoms with van der Waals surface area (Å²) in [5, 5.41) is 0. The van der Waals surface area contributed by atoms with Crippen molar-refractivity contribution in [1.29, 1.82) is 0 Å². The number of pyridine rings is 1. The number of nitrogens with zero attached hydrogens (tertiary/aromatic N) is 2. The van der Waals surface area contributed by atoms with Crippen LogP contribution in [0.4, 0.5) is 0 Å². The van der Waals surface area contributed by atoms with Gasteiger partial charge in [0.05, 0.1) is 28.6 Å². The van der Waals surface area contributed by atoms with E-state index in [2.05, 4.69) is 4.98 Å². The Morgan fingerprint density at radius 1 is 1.30 bits per heavy atom. The van der Waals surface area contributed by atoms with E-state index < -0.39 is 0 Å². The SMILES string of the molecule is CC1(C)C2C(=O)N(Cc3cc4ncccc4s3)C(=O)C21. The number of amides is 2. The van der Waals surface area contributed by atoms with Crippen LogP contribution in [0.3, 0.4) is 0 Å². The highest BCUT2D eigenvalue weighted by Crippen LogP contribution is 2.63. The zero-order valence-electron chi connectivity index (χ0n) is 11.3. The first-order chi connectivity index (χ1) is 9.50. The number of carbonyl (C=O) groups is 2. The Kier molecular flexibility index (Phi) is 2.20. The Hall–Kier alpha value is -1.75. The van der Waals surface area contributed by atoms with Gasteiger partial charge < -0.3 is 0 Å². The van der Waals surface area contributed by atoms with E-state index >= 15 is 0 Å². The van der Waals surface area contributed by atoms with E-state index in [1.54, 1.807) is 17.5 Å². The summed E-state index contributed by atoms with van der Waals surface area (Å²) in [7, 11) is 0. The topological polar surface area (TPSA) is 50.3 Å². The largest absolute Gasteiger partial charge is 0.277 e. The average Bonchev–Trinajstić information content (AvgIpc) is 2.71. The summed E-state index contributed by atoms with van der Waals surface area (Å²) in [5.41, 5.74) is 0.795. The standard InChI is InChI=1S/C15H14N2O2S/c1-15(2)11-12(15)14(19)17(13(11)18)7-8-6-9-10(20-8)4-3-5-16-9/h3-6,11-12H,7H2,1-2H3. The third-order valence-corrected chi connectivity index (χ3v) is 5.62. The number of hydrogen-bond donors (Lipinski definition) is 0. The number of imide groups is 1. The van der Waals surface area contributed by atoms with Gasteiger partial charge in [-0.25, -0.2) is 0 Å². The van der Waals surface area contributed by atoms with Crippen molar-refractivity contribution in [3.8, 4) is 0 Å². The van der Waals surface area contributed by atoms with Gasteiger partial charge in [-0.3, -0.25) is 19.5 Å². The van der Waals surface area contributed by atoms with Crippen molar-refractivity contribution in [1.82, 2.24) is 9.88 Å². The molecule has 20 heavy (non-hydrogen) atoms. The van der Waals surface area contributed by atoms with Crippen LogP contribution in [-0.2, 0) is 16.1 Å². The second kappa shape index (κ2) is 3.67. The molecule has 2 amide bonds. The molecule has 5 heteroatoms. The minimum absolute atomic E-state index is 0.00425. The molecule has 1 saturated carbocycles. The number of aromatic nitrogens is 1. The maximum atomic E-state index is 12.3. The Morgan fingerprint density at radius 2 is 2.00 bits per heavy atom. The molecular weight excluding hydrogens is 272 g/mol. The summed E-state index contributed by atoms with van der Waals surface area (Å²) in [4.78, 5) is 31.3. The van der Waals surface area contributed by atoms with Gasteiger partial charge in [0, 0.05) is 11.1 Å². The number of likely N-dealkylation sites (tertiary alicyclic amines) is 1. The predicted molar refractivity (Wildman–Crippen MR) is 75.9 cm³/mol. The lowest BCUT2D eigenvalue weighted by atomic mass is 10.1. The molecule has 0 spiro atoms. The molecular formula is C15H14N2O2S. The fourth-order valence-electron chi connectivity index (χ4n) is 3.31. The Morgan fingerprint density at radius 3 is 2.65 bits per heavy atom. The molecule has 4 rings (SSSR count). The third kappa shape index (κ3) is 1.44. The Labute approximate surface area is 120 Å². The number of rotatable bonds is 2. The van der Waals surface area contributed by atoms with Crippen molar-refractivity contribution in [2.24, 2.45) is 17.3 Å². The van der Waals surface area contributed by atoms with Gasteiger partial charge >= 0.3 is 0 Å². The molecule has 4 nitrogen and oxygen atoms in total.